The Morgan fingerprint density at radius 1 is 0.357 bits per heavy atom. The largest absolute Gasteiger partial charge is 0.417 e. The van der Waals surface area contributed by atoms with Crippen LogP contribution in [0.1, 0.15) is 27.8 Å². The van der Waals surface area contributed by atoms with E-state index in [4.69, 9.17) is 32.9 Å². The molecule has 0 saturated carbocycles. The van der Waals surface area contributed by atoms with Gasteiger partial charge in [-0.1, -0.05) is 84.9 Å². The first-order chi connectivity index (χ1) is 40.8. The van der Waals surface area contributed by atoms with E-state index in [0.717, 1.165) is 6.07 Å². The quantitative estimate of drug-likeness (QED) is 0.147. The van der Waals surface area contributed by atoms with Gasteiger partial charge in [0.05, 0.1) is 102 Å². The van der Waals surface area contributed by atoms with Crippen molar-refractivity contribution >= 4 is 72.0 Å². The van der Waals surface area contributed by atoms with Crippen molar-refractivity contribution in [3.63, 3.8) is 0 Å². The van der Waals surface area contributed by atoms with Crippen LogP contribution in [0.3, 0.4) is 0 Å². The van der Waals surface area contributed by atoms with Crippen LogP contribution in [0, 0.1) is 78.2 Å². The van der Waals surface area contributed by atoms with Crippen LogP contribution in [0.15, 0.2) is 182 Å². The highest BCUT2D eigenvalue weighted by molar-refractivity contribution is 6.15. The number of hydrogen-bond donors (Lipinski definition) is 0. The SMILES string of the molecule is [C-]#[N+]c1ccc(-c2ccc3c(c2)c2cc(-c4ccc([N+]#[C-])cc4[N+]#[C-])ccc2n3-c2cc(C#N)cc(-n3c4ccc(-c5ccc(C#N)cc5[N+]#[C-])cc4c4cc(-c5ccc(C#N)cc5[N+]#[C-])ccc43)c2-c2ccccc2C(F)(F)F)c(C#N)c1. The van der Waals surface area contributed by atoms with Gasteiger partial charge in [0.15, 0.2) is 28.4 Å². The summed E-state index contributed by atoms with van der Waals surface area (Å²) < 4.78 is 51.3. The first kappa shape index (κ1) is 51.7. The lowest BCUT2D eigenvalue weighted by Crippen LogP contribution is -2.10. The van der Waals surface area contributed by atoms with Gasteiger partial charge in [-0.2, -0.15) is 34.2 Å². The van der Waals surface area contributed by atoms with Crippen molar-refractivity contribution in [1.82, 2.24) is 9.13 Å². The molecule has 0 radical (unpaired) electrons. The Balaban J connectivity index is 1.23. The van der Waals surface area contributed by atoms with Crippen molar-refractivity contribution in [3.8, 4) is 91.3 Å². The Morgan fingerprint density at radius 3 is 1.15 bits per heavy atom. The van der Waals surface area contributed by atoms with Crippen LogP contribution in [0.2, 0.25) is 0 Å². The van der Waals surface area contributed by atoms with Gasteiger partial charge in [-0.3, -0.25) is 0 Å². The zero-order chi connectivity index (χ0) is 58.6. The Kier molecular flexibility index (Phi) is 12.5. The van der Waals surface area contributed by atoms with Crippen LogP contribution < -0.4 is 0 Å². The fourth-order valence-corrected chi connectivity index (χ4v) is 11.2. The summed E-state index contributed by atoms with van der Waals surface area (Å²) in [4.78, 5) is 18.3. The summed E-state index contributed by atoms with van der Waals surface area (Å²) in [5.41, 5.74) is 7.81. The average molecular weight is 1080 g/mol. The van der Waals surface area contributed by atoms with E-state index in [1.54, 1.807) is 109 Å². The summed E-state index contributed by atoms with van der Waals surface area (Å²) in [7, 11) is 0. The Hall–Kier alpha value is -13.0. The number of alkyl halides is 3. The van der Waals surface area contributed by atoms with Gasteiger partial charge in [0.2, 0.25) is 0 Å². The molecule has 0 N–H and O–H groups in total. The lowest BCUT2D eigenvalue weighted by molar-refractivity contribution is -0.137. The third kappa shape index (κ3) is 8.48. The molecule has 0 aliphatic carbocycles. The van der Waals surface area contributed by atoms with Crippen molar-refractivity contribution in [2.45, 2.75) is 6.18 Å². The molecule has 0 bridgehead atoms. The maximum absolute atomic E-state index is 15.9. The lowest BCUT2D eigenvalue weighted by Gasteiger charge is -2.23. The molecule has 10 aromatic carbocycles. The minimum atomic E-state index is -4.90. The molecule has 0 aliphatic heterocycles. The van der Waals surface area contributed by atoms with Gasteiger partial charge in [0.25, 0.3) is 0 Å². The fraction of sp³-hybridized carbons (Fsp3) is 0.0143. The third-order valence-corrected chi connectivity index (χ3v) is 15.0. The molecule has 386 valence electrons. The highest BCUT2D eigenvalue weighted by atomic mass is 19.4. The zero-order valence-corrected chi connectivity index (χ0v) is 43.4. The predicted octanol–water partition coefficient (Wildman–Crippen LogP) is 19.5. The molecule has 12 aromatic rings. The molecule has 2 heterocycles. The van der Waals surface area contributed by atoms with Crippen LogP contribution in [0.4, 0.5) is 41.6 Å². The number of aromatic nitrogens is 2. The number of rotatable bonds is 7. The Morgan fingerprint density at radius 2 is 0.750 bits per heavy atom. The Labute approximate surface area is 477 Å². The van der Waals surface area contributed by atoms with E-state index in [9.17, 15) is 21.0 Å². The average Bonchev–Trinajstić information content (AvgIpc) is 1.66. The third-order valence-electron chi connectivity index (χ3n) is 15.0. The first-order valence-corrected chi connectivity index (χ1v) is 25.4. The summed E-state index contributed by atoms with van der Waals surface area (Å²) in [5, 5.41) is 43.3. The molecule has 0 saturated heterocycles. The molecule has 0 spiro atoms. The molecular formula is C70H30F3N11. The second kappa shape index (κ2) is 20.3. The van der Waals surface area contributed by atoms with Gasteiger partial charge in [0.1, 0.15) is 0 Å². The van der Waals surface area contributed by atoms with Gasteiger partial charge in [-0.05, 0) is 147 Å². The predicted molar refractivity (Wildman–Crippen MR) is 317 cm³/mol. The molecule has 11 nitrogen and oxygen atoms in total. The van der Waals surface area contributed by atoms with Crippen molar-refractivity contribution < 1.29 is 13.2 Å². The summed E-state index contributed by atoms with van der Waals surface area (Å²) in [6.07, 6.45) is -4.90. The van der Waals surface area contributed by atoms with Crippen molar-refractivity contribution in [1.29, 1.82) is 21.0 Å². The molecular weight excluding hydrogens is 1050 g/mol. The van der Waals surface area contributed by atoms with Gasteiger partial charge < -0.3 is 9.13 Å². The lowest BCUT2D eigenvalue weighted by atomic mass is 9.94. The minimum Gasteiger partial charge on any atom is -0.308 e. The summed E-state index contributed by atoms with van der Waals surface area (Å²) in [5.74, 6) is 0. The minimum absolute atomic E-state index is 0.0807. The van der Waals surface area contributed by atoms with Crippen LogP contribution >= 0.6 is 0 Å². The van der Waals surface area contributed by atoms with Crippen molar-refractivity contribution in [2.75, 3.05) is 0 Å². The van der Waals surface area contributed by atoms with E-state index in [1.807, 2.05) is 33.4 Å². The van der Waals surface area contributed by atoms with E-state index in [-0.39, 0.29) is 73.2 Å². The number of benzene rings is 10. The molecule has 0 amide bonds. The van der Waals surface area contributed by atoms with Gasteiger partial charge in [-0.15, -0.1) is 0 Å². The number of hydrogen-bond acceptors (Lipinski definition) is 4. The van der Waals surface area contributed by atoms with E-state index in [2.05, 4.69) is 48.5 Å². The normalized spacial score (nSPS) is 10.9. The Bertz CT molecular complexity index is 4760. The second-order valence-electron chi connectivity index (χ2n) is 19.4. The second-order valence-corrected chi connectivity index (χ2v) is 19.4. The molecule has 0 unspecified atom stereocenters. The molecule has 0 atom stereocenters. The van der Waals surface area contributed by atoms with Crippen molar-refractivity contribution in [3.05, 3.63) is 267 Å². The molecule has 0 aliphatic rings. The highest BCUT2D eigenvalue weighted by Crippen LogP contribution is 2.49. The first-order valence-electron chi connectivity index (χ1n) is 25.4. The highest BCUT2D eigenvalue weighted by Gasteiger charge is 2.36. The summed E-state index contributed by atoms with van der Waals surface area (Å²) in [6, 6.07) is 58.0. The standard InChI is InChI=1S/C70H30F3N11/c1-78-48-16-20-50(47(30-48)39-77)43-12-22-63-55(31-43)56-34-46(53-21-17-49(79-2)35-62(53)82-5)15-25-64(56)83(63)67-28-42(38-76)29-68(69(67)54-8-6-7-9-59(54)70(71,72)73)84-65-23-13-44(51-18-10-40(36-74)26-60(51)80-3)32-57(65)58-33-45(14-24-66(58)84)52-19-11-41(37-75)27-61(52)81-4/h6-35H. The zero-order valence-electron chi connectivity index (χ0n) is 43.4. The van der Waals surface area contributed by atoms with E-state index in [1.165, 1.54) is 42.5 Å². The van der Waals surface area contributed by atoms with E-state index < -0.39 is 11.7 Å². The van der Waals surface area contributed by atoms with Crippen LogP contribution in [0.5, 0.6) is 0 Å². The fourth-order valence-electron chi connectivity index (χ4n) is 11.2. The number of fused-ring (bicyclic) bond motifs is 6. The maximum atomic E-state index is 15.9. The number of nitrogens with zero attached hydrogens (tertiary/aromatic N) is 11. The van der Waals surface area contributed by atoms with Crippen LogP contribution in [-0.2, 0) is 6.18 Å². The van der Waals surface area contributed by atoms with Crippen molar-refractivity contribution in [2.24, 2.45) is 0 Å². The van der Waals surface area contributed by atoms with Gasteiger partial charge >= 0.3 is 6.18 Å². The van der Waals surface area contributed by atoms with E-state index >= 15 is 13.2 Å². The topological polar surface area (TPSA) is 127 Å². The maximum Gasteiger partial charge on any atom is 0.417 e. The molecule has 12 rings (SSSR count). The molecule has 84 heavy (non-hydrogen) atoms. The summed E-state index contributed by atoms with van der Waals surface area (Å²) >= 11 is 0. The van der Waals surface area contributed by atoms with Gasteiger partial charge in [0, 0.05) is 43.8 Å². The molecule has 0 fully saturated rings. The van der Waals surface area contributed by atoms with Crippen LogP contribution in [-0.4, -0.2) is 9.13 Å². The van der Waals surface area contributed by atoms with Gasteiger partial charge in [-0.25, -0.2) is 24.2 Å². The molecule has 14 heteroatoms. The van der Waals surface area contributed by atoms with E-state index in [0.29, 0.717) is 88.1 Å². The summed E-state index contributed by atoms with van der Waals surface area (Å²) in [6.45, 7) is 39.4. The smallest absolute Gasteiger partial charge is 0.308 e. The van der Waals surface area contributed by atoms with Crippen LogP contribution in [0.25, 0.3) is 135 Å². The number of halogens is 3. The molecule has 2 aromatic heterocycles. The number of nitriles is 4. The monoisotopic (exact) mass is 1080 g/mol.